The molecule has 16 heavy (non-hydrogen) atoms. The van der Waals surface area contributed by atoms with E-state index in [0.29, 0.717) is 12.5 Å². The molecule has 1 amide bonds. The van der Waals surface area contributed by atoms with Gasteiger partial charge in [0.2, 0.25) is 5.91 Å². The first kappa shape index (κ1) is 12.3. The molecule has 5 nitrogen and oxygen atoms in total. The van der Waals surface area contributed by atoms with E-state index < -0.39 is 5.97 Å². The second-order valence-electron chi connectivity index (χ2n) is 4.02. The summed E-state index contributed by atoms with van der Waals surface area (Å²) in [5, 5.41) is 11.6. The Hall–Kier alpha value is -1.78. The van der Waals surface area contributed by atoms with Gasteiger partial charge in [-0.1, -0.05) is 13.8 Å². The van der Waals surface area contributed by atoms with Crippen molar-refractivity contribution in [1.29, 1.82) is 0 Å². The second-order valence-corrected chi connectivity index (χ2v) is 4.02. The molecule has 0 bridgehead atoms. The van der Waals surface area contributed by atoms with Gasteiger partial charge in [-0.15, -0.1) is 0 Å². The fraction of sp³-hybridized carbons (Fsp3) is 0.455. The number of nitrogens with one attached hydrogen (secondary N) is 1. The van der Waals surface area contributed by atoms with Crippen molar-refractivity contribution in [3.63, 3.8) is 0 Å². The molecule has 1 aromatic heterocycles. The van der Waals surface area contributed by atoms with Crippen LogP contribution in [-0.4, -0.2) is 28.1 Å². The van der Waals surface area contributed by atoms with Gasteiger partial charge in [-0.2, -0.15) is 0 Å². The van der Waals surface area contributed by atoms with Gasteiger partial charge in [0.1, 0.15) is 12.2 Å². The SMILES string of the molecule is CC(C)CNC(=O)Cn1cccc1C(=O)O. The third-order valence-corrected chi connectivity index (χ3v) is 2.07. The highest BCUT2D eigenvalue weighted by Crippen LogP contribution is 2.01. The van der Waals surface area contributed by atoms with Gasteiger partial charge in [0.05, 0.1) is 0 Å². The van der Waals surface area contributed by atoms with Crippen molar-refractivity contribution in [2.24, 2.45) is 5.92 Å². The van der Waals surface area contributed by atoms with Crippen molar-refractivity contribution in [3.05, 3.63) is 24.0 Å². The molecule has 2 N–H and O–H groups in total. The molecule has 0 saturated heterocycles. The third-order valence-electron chi connectivity index (χ3n) is 2.07. The van der Waals surface area contributed by atoms with Crippen LogP contribution in [0.25, 0.3) is 0 Å². The van der Waals surface area contributed by atoms with E-state index in [-0.39, 0.29) is 18.1 Å². The van der Waals surface area contributed by atoms with Crippen LogP contribution in [0.2, 0.25) is 0 Å². The van der Waals surface area contributed by atoms with Crippen LogP contribution in [0.3, 0.4) is 0 Å². The number of aromatic carboxylic acids is 1. The van der Waals surface area contributed by atoms with Crippen LogP contribution < -0.4 is 5.32 Å². The summed E-state index contributed by atoms with van der Waals surface area (Å²) < 4.78 is 1.41. The maximum atomic E-state index is 11.5. The molecule has 0 fully saturated rings. The smallest absolute Gasteiger partial charge is 0.352 e. The fourth-order valence-corrected chi connectivity index (χ4v) is 1.27. The fourth-order valence-electron chi connectivity index (χ4n) is 1.27. The minimum absolute atomic E-state index is 0.0430. The average Bonchev–Trinajstić information content (AvgIpc) is 2.62. The zero-order chi connectivity index (χ0) is 12.1. The maximum Gasteiger partial charge on any atom is 0.352 e. The molecule has 0 aliphatic carbocycles. The molecule has 0 aliphatic heterocycles. The number of hydrogen-bond donors (Lipinski definition) is 2. The predicted molar refractivity (Wildman–Crippen MR) is 59.2 cm³/mol. The lowest BCUT2D eigenvalue weighted by Crippen LogP contribution is -2.31. The molecule has 1 rings (SSSR count). The number of carbonyl (C=O) groups is 2. The summed E-state index contributed by atoms with van der Waals surface area (Å²) in [5.74, 6) is -0.818. The average molecular weight is 224 g/mol. The quantitative estimate of drug-likeness (QED) is 0.782. The molecular weight excluding hydrogens is 208 g/mol. The normalized spacial score (nSPS) is 10.4. The van der Waals surface area contributed by atoms with Crippen molar-refractivity contribution in [3.8, 4) is 0 Å². The first-order valence-electron chi connectivity index (χ1n) is 5.16. The van der Waals surface area contributed by atoms with E-state index >= 15 is 0 Å². The van der Waals surface area contributed by atoms with Crippen molar-refractivity contribution in [2.75, 3.05) is 6.54 Å². The lowest BCUT2D eigenvalue weighted by atomic mass is 10.2. The Labute approximate surface area is 94.1 Å². The number of amides is 1. The zero-order valence-corrected chi connectivity index (χ0v) is 9.43. The molecule has 1 aromatic rings. The highest BCUT2D eigenvalue weighted by atomic mass is 16.4. The highest BCUT2D eigenvalue weighted by molar-refractivity contribution is 5.86. The molecule has 0 saturated carbocycles. The van der Waals surface area contributed by atoms with Gasteiger partial charge in [-0.05, 0) is 18.1 Å². The Balaban J connectivity index is 2.56. The van der Waals surface area contributed by atoms with Crippen molar-refractivity contribution < 1.29 is 14.7 Å². The van der Waals surface area contributed by atoms with E-state index in [0.717, 1.165) is 0 Å². The van der Waals surface area contributed by atoms with Gasteiger partial charge in [-0.25, -0.2) is 4.79 Å². The van der Waals surface area contributed by atoms with Crippen LogP contribution in [0.5, 0.6) is 0 Å². The lowest BCUT2D eigenvalue weighted by molar-refractivity contribution is -0.121. The molecule has 0 aromatic carbocycles. The Kier molecular flexibility index (Phi) is 4.10. The minimum atomic E-state index is -1.03. The number of rotatable bonds is 5. The van der Waals surface area contributed by atoms with Gasteiger partial charge in [0.15, 0.2) is 0 Å². The first-order valence-corrected chi connectivity index (χ1v) is 5.16. The number of nitrogens with zero attached hydrogens (tertiary/aromatic N) is 1. The molecule has 0 spiro atoms. The van der Waals surface area contributed by atoms with Gasteiger partial charge < -0.3 is 15.0 Å². The van der Waals surface area contributed by atoms with Crippen molar-refractivity contribution in [1.82, 2.24) is 9.88 Å². The van der Waals surface area contributed by atoms with Crippen LogP contribution in [0.1, 0.15) is 24.3 Å². The highest BCUT2D eigenvalue weighted by Gasteiger charge is 2.11. The van der Waals surface area contributed by atoms with Crippen molar-refractivity contribution >= 4 is 11.9 Å². The molecule has 0 atom stereocenters. The standard InChI is InChI=1S/C11H16N2O3/c1-8(2)6-12-10(14)7-13-5-3-4-9(13)11(15)16/h3-5,8H,6-7H2,1-2H3,(H,12,14)(H,15,16). The molecule has 88 valence electrons. The van der Waals surface area contributed by atoms with E-state index in [1.165, 1.54) is 10.6 Å². The Morgan fingerprint density at radius 3 is 2.75 bits per heavy atom. The monoisotopic (exact) mass is 224 g/mol. The van der Waals surface area contributed by atoms with E-state index in [9.17, 15) is 9.59 Å². The number of aromatic nitrogens is 1. The number of carboxylic acids is 1. The predicted octanol–water partition coefficient (Wildman–Crippen LogP) is 0.958. The summed E-state index contributed by atoms with van der Waals surface area (Å²) in [6.45, 7) is 4.64. The molecule has 5 heteroatoms. The van der Waals surface area contributed by atoms with E-state index in [1.807, 2.05) is 13.8 Å². The summed E-state index contributed by atoms with van der Waals surface area (Å²) in [5.41, 5.74) is 0.125. The molecule has 0 aliphatic rings. The number of carbonyl (C=O) groups excluding carboxylic acids is 1. The van der Waals surface area contributed by atoms with Gasteiger partial charge >= 0.3 is 5.97 Å². The topological polar surface area (TPSA) is 71.3 Å². The molecule has 0 unspecified atom stereocenters. The van der Waals surface area contributed by atoms with Crippen molar-refractivity contribution in [2.45, 2.75) is 20.4 Å². The minimum Gasteiger partial charge on any atom is -0.477 e. The number of carboxylic acid groups (broad SMARTS) is 1. The van der Waals surface area contributed by atoms with E-state index in [4.69, 9.17) is 5.11 Å². The Morgan fingerprint density at radius 2 is 2.19 bits per heavy atom. The number of hydrogen-bond acceptors (Lipinski definition) is 2. The molecular formula is C11H16N2O3. The summed E-state index contributed by atoms with van der Waals surface area (Å²) in [6, 6.07) is 3.08. The van der Waals surface area contributed by atoms with Gasteiger partial charge in [0.25, 0.3) is 0 Å². The van der Waals surface area contributed by atoms with Gasteiger partial charge in [0, 0.05) is 12.7 Å². The van der Waals surface area contributed by atoms with Crippen LogP contribution in [-0.2, 0) is 11.3 Å². The summed E-state index contributed by atoms with van der Waals surface area (Å²) in [6.07, 6.45) is 1.58. The van der Waals surface area contributed by atoms with Gasteiger partial charge in [-0.3, -0.25) is 4.79 Å². The van der Waals surface area contributed by atoms with Crippen LogP contribution in [0, 0.1) is 5.92 Å². The largest absolute Gasteiger partial charge is 0.477 e. The van der Waals surface area contributed by atoms with E-state index in [1.54, 1.807) is 12.3 Å². The maximum absolute atomic E-state index is 11.5. The molecule has 0 radical (unpaired) electrons. The van der Waals surface area contributed by atoms with E-state index in [2.05, 4.69) is 5.32 Å². The molecule has 1 heterocycles. The second kappa shape index (κ2) is 5.34. The zero-order valence-electron chi connectivity index (χ0n) is 9.43. The Morgan fingerprint density at radius 1 is 1.50 bits per heavy atom. The third kappa shape index (κ3) is 3.42. The van der Waals surface area contributed by atoms with Crippen LogP contribution >= 0.6 is 0 Å². The van der Waals surface area contributed by atoms with Crippen LogP contribution in [0.4, 0.5) is 0 Å². The summed E-state index contributed by atoms with van der Waals surface area (Å²) >= 11 is 0. The summed E-state index contributed by atoms with van der Waals surface area (Å²) in [4.78, 5) is 22.2. The van der Waals surface area contributed by atoms with Crippen LogP contribution in [0.15, 0.2) is 18.3 Å². The Bertz CT molecular complexity index is 382. The lowest BCUT2D eigenvalue weighted by Gasteiger charge is -2.09. The summed E-state index contributed by atoms with van der Waals surface area (Å²) in [7, 11) is 0. The first-order chi connectivity index (χ1) is 7.50.